The van der Waals surface area contributed by atoms with E-state index in [9.17, 15) is 4.79 Å². The summed E-state index contributed by atoms with van der Waals surface area (Å²) in [6.07, 6.45) is 4.53. The molecule has 1 fully saturated rings. The van der Waals surface area contributed by atoms with Crippen molar-refractivity contribution < 1.29 is 9.53 Å². The molecule has 1 unspecified atom stereocenters. The minimum atomic E-state index is 0.0615. The van der Waals surface area contributed by atoms with Gasteiger partial charge in [0.15, 0.2) is 5.96 Å². The Hall–Kier alpha value is -3.03. The Morgan fingerprint density at radius 2 is 2.07 bits per heavy atom. The summed E-state index contributed by atoms with van der Waals surface area (Å²) in [6.45, 7) is 7.40. The van der Waals surface area contributed by atoms with E-state index in [0.29, 0.717) is 25.6 Å². The Bertz CT molecular complexity index is 861. The van der Waals surface area contributed by atoms with Gasteiger partial charge in [-0.15, -0.1) is 0 Å². The van der Waals surface area contributed by atoms with Crippen molar-refractivity contribution in [2.75, 3.05) is 44.7 Å². The van der Waals surface area contributed by atoms with Gasteiger partial charge in [-0.05, 0) is 37.0 Å². The Labute approximate surface area is 178 Å². The van der Waals surface area contributed by atoms with E-state index in [1.807, 2.05) is 37.2 Å². The number of hydrogen-bond donors (Lipinski definition) is 1. The van der Waals surface area contributed by atoms with Crippen LogP contribution >= 0.6 is 0 Å². The van der Waals surface area contributed by atoms with Gasteiger partial charge in [-0.1, -0.05) is 19.1 Å². The zero-order valence-corrected chi connectivity index (χ0v) is 18.3. The zero-order valence-electron chi connectivity index (χ0n) is 18.3. The average Bonchev–Trinajstić information content (AvgIpc) is 3.19. The zero-order chi connectivity index (χ0) is 21.5. The molecule has 1 atom stereocenters. The van der Waals surface area contributed by atoms with Gasteiger partial charge in [-0.25, -0.2) is 0 Å². The summed E-state index contributed by atoms with van der Waals surface area (Å²) >= 11 is 0. The van der Waals surface area contributed by atoms with Crippen LogP contribution in [0.15, 0.2) is 41.7 Å². The van der Waals surface area contributed by atoms with Crippen LogP contribution in [0.1, 0.15) is 31.7 Å². The minimum absolute atomic E-state index is 0.0615. The van der Waals surface area contributed by atoms with Gasteiger partial charge < -0.3 is 19.9 Å². The van der Waals surface area contributed by atoms with Crippen LogP contribution in [0.4, 0.5) is 5.69 Å². The van der Waals surface area contributed by atoms with Crippen LogP contribution in [0, 0.1) is 0 Å². The van der Waals surface area contributed by atoms with Crippen LogP contribution in [0.25, 0.3) is 0 Å². The maximum absolute atomic E-state index is 12.7. The topological polar surface area (TPSA) is 75.0 Å². The van der Waals surface area contributed by atoms with Crippen LogP contribution in [-0.4, -0.2) is 66.4 Å². The van der Waals surface area contributed by atoms with Crippen LogP contribution in [0.5, 0.6) is 5.75 Å². The number of piperazine rings is 1. The molecule has 2 aromatic rings. The number of benzene rings is 1. The number of nitrogens with one attached hydrogen (secondary N) is 1. The van der Waals surface area contributed by atoms with Crippen LogP contribution in [0.3, 0.4) is 0 Å². The first-order chi connectivity index (χ1) is 14.5. The van der Waals surface area contributed by atoms with Gasteiger partial charge in [0, 0.05) is 39.4 Å². The largest absolute Gasteiger partial charge is 0.497 e. The third kappa shape index (κ3) is 5.31. The highest BCUT2D eigenvalue weighted by Crippen LogP contribution is 2.22. The van der Waals surface area contributed by atoms with Gasteiger partial charge >= 0.3 is 0 Å². The van der Waals surface area contributed by atoms with E-state index in [2.05, 4.69) is 29.5 Å². The summed E-state index contributed by atoms with van der Waals surface area (Å²) in [5.74, 6) is 2.13. The number of aryl methyl sites for hydroxylation is 1. The van der Waals surface area contributed by atoms with Crippen molar-refractivity contribution in [3.05, 3.63) is 42.2 Å². The van der Waals surface area contributed by atoms with Crippen LogP contribution in [-0.2, 0) is 11.8 Å². The molecule has 30 heavy (non-hydrogen) atoms. The Morgan fingerprint density at radius 1 is 1.30 bits per heavy atom. The van der Waals surface area contributed by atoms with Gasteiger partial charge in [-0.2, -0.15) is 5.10 Å². The summed E-state index contributed by atoms with van der Waals surface area (Å²) in [7, 11) is 3.53. The Morgan fingerprint density at radius 3 is 2.67 bits per heavy atom. The fraction of sp³-hybridized carbons (Fsp3) is 0.500. The second-order valence-corrected chi connectivity index (χ2v) is 7.54. The summed E-state index contributed by atoms with van der Waals surface area (Å²) in [4.78, 5) is 21.3. The first-order valence-electron chi connectivity index (χ1n) is 10.5. The molecule has 0 spiro atoms. The summed E-state index contributed by atoms with van der Waals surface area (Å²) in [6, 6.07) is 8.20. The quantitative estimate of drug-likeness (QED) is 0.558. The van der Waals surface area contributed by atoms with E-state index in [1.165, 1.54) is 5.56 Å². The highest BCUT2D eigenvalue weighted by Gasteiger charge is 2.27. The van der Waals surface area contributed by atoms with Crippen molar-refractivity contribution in [1.29, 1.82) is 0 Å². The van der Waals surface area contributed by atoms with E-state index in [4.69, 9.17) is 9.73 Å². The number of aromatic nitrogens is 2. The second-order valence-electron chi connectivity index (χ2n) is 7.54. The standard InChI is InChI=1S/C22H32N6O2/c1-5-23-22(24-11-10-17(2)18-6-8-20(30-4)9-7-18)27-12-13-28(21(29)16-27)19-14-25-26(3)15-19/h6-9,14-15,17H,5,10-13,16H2,1-4H3,(H,23,24). The lowest BCUT2D eigenvalue weighted by Gasteiger charge is -2.35. The highest BCUT2D eigenvalue weighted by atomic mass is 16.5. The Balaban J connectivity index is 1.58. The number of aliphatic imine (C=N–C) groups is 1. The summed E-state index contributed by atoms with van der Waals surface area (Å²) < 4.78 is 6.94. The van der Waals surface area contributed by atoms with E-state index in [0.717, 1.165) is 36.9 Å². The molecular weight excluding hydrogens is 380 g/mol. The van der Waals surface area contributed by atoms with Crippen molar-refractivity contribution >= 4 is 17.6 Å². The molecule has 1 aromatic carbocycles. The number of nitrogens with zero attached hydrogens (tertiary/aromatic N) is 5. The molecule has 0 bridgehead atoms. The molecule has 1 aliphatic heterocycles. The van der Waals surface area contributed by atoms with Gasteiger partial charge in [-0.3, -0.25) is 14.5 Å². The van der Waals surface area contributed by atoms with Crippen molar-refractivity contribution in [3.8, 4) is 5.75 Å². The Kier molecular flexibility index (Phi) is 7.32. The molecule has 0 radical (unpaired) electrons. The number of anilines is 1. The predicted molar refractivity (Wildman–Crippen MR) is 119 cm³/mol. The van der Waals surface area contributed by atoms with E-state index in [-0.39, 0.29) is 5.91 Å². The van der Waals surface area contributed by atoms with Gasteiger partial charge in [0.05, 0.1) is 19.0 Å². The van der Waals surface area contributed by atoms with E-state index < -0.39 is 0 Å². The number of ether oxygens (including phenoxy) is 1. The first-order valence-corrected chi connectivity index (χ1v) is 10.5. The number of amides is 1. The number of methoxy groups -OCH3 is 1. The molecule has 1 saturated heterocycles. The average molecular weight is 413 g/mol. The van der Waals surface area contributed by atoms with Gasteiger partial charge in [0.2, 0.25) is 5.91 Å². The smallest absolute Gasteiger partial charge is 0.246 e. The molecule has 0 saturated carbocycles. The van der Waals surface area contributed by atoms with Crippen molar-refractivity contribution in [3.63, 3.8) is 0 Å². The molecule has 1 aliphatic rings. The van der Waals surface area contributed by atoms with E-state index >= 15 is 0 Å². The molecule has 0 aliphatic carbocycles. The number of rotatable bonds is 7. The lowest BCUT2D eigenvalue weighted by Crippen LogP contribution is -2.55. The predicted octanol–water partition coefficient (Wildman–Crippen LogP) is 2.24. The van der Waals surface area contributed by atoms with E-state index in [1.54, 1.807) is 22.9 Å². The normalized spacial score (nSPS) is 16.0. The molecule has 1 aromatic heterocycles. The lowest BCUT2D eigenvalue weighted by molar-refractivity contribution is -0.120. The molecule has 1 amide bonds. The second kappa shape index (κ2) is 10.1. The molecule has 1 N–H and O–H groups in total. The van der Waals surface area contributed by atoms with Crippen LogP contribution in [0.2, 0.25) is 0 Å². The fourth-order valence-corrected chi connectivity index (χ4v) is 3.56. The number of hydrogen-bond acceptors (Lipinski definition) is 4. The van der Waals surface area contributed by atoms with Crippen LogP contribution < -0.4 is 15.0 Å². The molecule has 162 valence electrons. The molecule has 8 heteroatoms. The van der Waals surface area contributed by atoms with Crippen molar-refractivity contribution in [2.24, 2.45) is 12.0 Å². The monoisotopic (exact) mass is 412 g/mol. The maximum atomic E-state index is 12.7. The minimum Gasteiger partial charge on any atom is -0.497 e. The first kappa shape index (κ1) is 21.7. The SMILES string of the molecule is CCNC(=NCCC(C)c1ccc(OC)cc1)N1CCN(c2cnn(C)c2)C(=O)C1. The van der Waals surface area contributed by atoms with Gasteiger partial charge in [0.25, 0.3) is 0 Å². The van der Waals surface area contributed by atoms with Crippen molar-refractivity contribution in [2.45, 2.75) is 26.2 Å². The maximum Gasteiger partial charge on any atom is 0.246 e. The van der Waals surface area contributed by atoms with Gasteiger partial charge in [0.1, 0.15) is 12.3 Å². The highest BCUT2D eigenvalue weighted by molar-refractivity contribution is 5.98. The summed E-state index contributed by atoms with van der Waals surface area (Å²) in [5.41, 5.74) is 2.12. The summed E-state index contributed by atoms with van der Waals surface area (Å²) in [5, 5.41) is 7.50. The molecule has 2 heterocycles. The number of guanidine groups is 1. The number of carbonyl (C=O) groups is 1. The molecule has 8 nitrogen and oxygen atoms in total. The third-order valence-electron chi connectivity index (χ3n) is 5.37. The molecular formula is C22H32N6O2. The third-order valence-corrected chi connectivity index (χ3v) is 5.37. The molecule has 3 rings (SSSR count). The van der Waals surface area contributed by atoms with Crippen molar-refractivity contribution in [1.82, 2.24) is 20.0 Å². The fourth-order valence-electron chi connectivity index (χ4n) is 3.56. The lowest BCUT2D eigenvalue weighted by atomic mass is 9.98. The number of carbonyl (C=O) groups excluding carboxylic acids is 1.